The number of carbonyl (C=O) groups excluding carboxylic acids is 1. The van der Waals surface area contributed by atoms with Crippen LogP contribution in [0.4, 0.5) is 13.2 Å². The molecule has 5 aromatic rings. The third kappa shape index (κ3) is 6.81. The summed E-state index contributed by atoms with van der Waals surface area (Å²) in [5, 5.41) is 0.388. The number of halogens is 4. The van der Waals surface area contributed by atoms with E-state index in [1.54, 1.807) is 31.4 Å². The third-order valence-electron chi connectivity index (χ3n) is 6.23. The summed E-state index contributed by atoms with van der Waals surface area (Å²) in [4.78, 5) is 17.5. The van der Waals surface area contributed by atoms with E-state index in [0.29, 0.717) is 21.9 Å². The first-order valence-corrected chi connectivity index (χ1v) is 14.9. The average Bonchev–Trinajstić information content (AvgIpc) is 2.99. The van der Waals surface area contributed by atoms with Gasteiger partial charge in [-0.25, -0.2) is 0 Å². The van der Waals surface area contributed by atoms with Gasteiger partial charge in [0.05, 0.1) is 28.6 Å². The normalized spacial score (nSPS) is 12.1. The number of hydrogen-bond donors (Lipinski definition) is 0. The lowest BCUT2D eigenvalue weighted by Crippen LogP contribution is -2.08. The predicted octanol–water partition coefficient (Wildman–Crippen LogP) is 9.84. The summed E-state index contributed by atoms with van der Waals surface area (Å²) in [6.07, 6.45) is -4.40. The van der Waals surface area contributed by atoms with E-state index in [9.17, 15) is 18.0 Å². The predicted molar refractivity (Wildman–Crippen MR) is 158 cm³/mol. The highest BCUT2D eigenvalue weighted by atomic mass is 35.5. The topological polar surface area (TPSA) is 26.3 Å². The molecule has 0 amide bonds. The van der Waals surface area contributed by atoms with Crippen LogP contribution in [0.1, 0.15) is 21.5 Å². The molecule has 5 aromatic carbocycles. The fourth-order valence-electron chi connectivity index (χ4n) is 4.17. The summed E-state index contributed by atoms with van der Waals surface area (Å²) >= 11 is 7.87. The van der Waals surface area contributed by atoms with Crippen molar-refractivity contribution in [3.8, 4) is 5.75 Å². The first kappa shape index (κ1) is 28.9. The first-order valence-electron chi connectivity index (χ1n) is 12.5. The summed E-state index contributed by atoms with van der Waals surface area (Å²) in [6, 6.07) is 35.2. The van der Waals surface area contributed by atoms with Crippen LogP contribution in [0.25, 0.3) is 0 Å². The van der Waals surface area contributed by atoms with E-state index >= 15 is 0 Å². The summed E-state index contributed by atoms with van der Waals surface area (Å²) in [5.74, 6) is 0.554. The summed E-state index contributed by atoms with van der Waals surface area (Å²) in [6.45, 7) is 0. The summed E-state index contributed by atoms with van der Waals surface area (Å²) in [5.41, 5.74) is 0.317. The maximum Gasteiger partial charge on any atom is 0.416 e. The van der Waals surface area contributed by atoms with Gasteiger partial charge in [0.25, 0.3) is 0 Å². The van der Waals surface area contributed by atoms with E-state index in [1.807, 2.05) is 72.8 Å². The molecule has 1 unspecified atom stereocenters. The second kappa shape index (κ2) is 12.5. The number of ketones is 1. The standard InChI is InChI=1S/C33H23ClF3O2S2/c1-39-24-9-16-28(17-10-24)41(27-14-7-23(8-15-27)33(35,36)37)29-18-11-25(12-19-29)40-26-13-20-31(34)30(21-26)32(38)22-5-3-2-4-6-22/h2-21H,1H3/q+1. The molecule has 0 fully saturated rings. The fourth-order valence-corrected chi connectivity index (χ4v) is 7.27. The zero-order valence-corrected chi connectivity index (χ0v) is 24.1. The molecule has 0 aromatic heterocycles. The Labute approximate surface area is 248 Å². The molecule has 5 rings (SSSR count). The van der Waals surface area contributed by atoms with E-state index in [4.69, 9.17) is 16.3 Å². The number of methoxy groups -OCH3 is 1. The van der Waals surface area contributed by atoms with Crippen LogP contribution in [0.2, 0.25) is 5.02 Å². The lowest BCUT2D eigenvalue weighted by molar-refractivity contribution is -0.137. The molecule has 0 radical (unpaired) electrons. The molecule has 41 heavy (non-hydrogen) atoms. The third-order valence-corrected chi connectivity index (χ3v) is 9.78. The second-order valence-electron chi connectivity index (χ2n) is 8.91. The van der Waals surface area contributed by atoms with E-state index in [0.717, 1.165) is 36.6 Å². The van der Waals surface area contributed by atoms with Gasteiger partial charge >= 0.3 is 6.18 Å². The highest BCUT2D eigenvalue weighted by Crippen LogP contribution is 2.37. The SMILES string of the molecule is COc1ccc([S+](c2ccc(Sc3ccc(Cl)c(C(=O)c4ccccc4)c3)cc2)c2ccc(C(F)(F)F)cc2)cc1. The smallest absolute Gasteiger partial charge is 0.416 e. The van der Waals surface area contributed by atoms with E-state index in [2.05, 4.69) is 0 Å². The van der Waals surface area contributed by atoms with Gasteiger partial charge in [0.2, 0.25) is 0 Å². The van der Waals surface area contributed by atoms with Gasteiger partial charge in [-0.05, 0) is 91.0 Å². The number of benzene rings is 5. The zero-order chi connectivity index (χ0) is 29.0. The largest absolute Gasteiger partial charge is 0.497 e. The monoisotopic (exact) mass is 607 g/mol. The van der Waals surface area contributed by atoms with Gasteiger partial charge in [-0.3, -0.25) is 4.79 Å². The second-order valence-corrected chi connectivity index (χ2v) is 12.5. The summed E-state index contributed by atoms with van der Waals surface area (Å²) < 4.78 is 44.9. The molecular formula is C33H23ClF3O2S2+. The maximum atomic E-state index is 13.2. The first-order chi connectivity index (χ1) is 19.7. The van der Waals surface area contributed by atoms with Crippen molar-refractivity contribution >= 4 is 40.0 Å². The van der Waals surface area contributed by atoms with E-state index in [1.165, 1.54) is 23.9 Å². The molecular weight excluding hydrogens is 585 g/mol. The van der Waals surface area contributed by atoms with E-state index in [-0.39, 0.29) is 5.78 Å². The quantitative estimate of drug-likeness (QED) is 0.130. The van der Waals surface area contributed by atoms with Crippen molar-refractivity contribution in [2.45, 2.75) is 30.7 Å². The fraction of sp³-hybridized carbons (Fsp3) is 0.0606. The van der Waals surface area contributed by atoms with Crippen molar-refractivity contribution in [3.05, 3.63) is 143 Å². The number of rotatable bonds is 8. The molecule has 8 heteroatoms. The minimum absolute atomic E-state index is 0.145. The minimum Gasteiger partial charge on any atom is -0.497 e. The zero-order valence-electron chi connectivity index (χ0n) is 21.7. The van der Waals surface area contributed by atoms with Gasteiger partial charge in [0.15, 0.2) is 20.5 Å². The number of hydrogen-bond acceptors (Lipinski definition) is 3. The van der Waals surface area contributed by atoms with Gasteiger partial charge in [0, 0.05) is 20.9 Å². The van der Waals surface area contributed by atoms with Crippen LogP contribution in [-0.4, -0.2) is 12.9 Å². The molecule has 0 N–H and O–H groups in total. The van der Waals surface area contributed by atoms with Gasteiger partial charge < -0.3 is 4.74 Å². The van der Waals surface area contributed by atoms with Crippen molar-refractivity contribution in [1.29, 1.82) is 0 Å². The molecule has 0 aliphatic carbocycles. The van der Waals surface area contributed by atoms with Crippen molar-refractivity contribution in [2.75, 3.05) is 7.11 Å². The van der Waals surface area contributed by atoms with Crippen LogP contribution in [0, 0.1) is 0 Å². The summed E-state index contributed by atoms with van der Waals surface area (Å²) in [7, 11) is 0.942. The average molecular weight is 608 g/mol. The van der Waals surface area contributed by atoms with Crippen LogP contribution in [0.5, 0.6) is 5.75 Å². The Morgan fingerprint density at radius 3 is 1.83 bits per heavy atom. The Balaban J connectivity index is 1.43. The number of ether oxygens (including phenoxy) is 1. The van der Waals surface area contributed by atoms with Gasteiger partial charge in [-0.1, -0.05) is 53.7 Å². The molecule has 0 aliphatic heterocycles. The maximum absolute atomic E-state index is 13.2. The number of carbonyl (C=O) groups is 1. The van der Waals surface area contributed by atoms with Crippen LogP contribution < -0.4 is 4.74 Å². The van der Waals surface area contributed by atoms with Gasteiger partial charge in [-0.15, -0.1) is 0 Å². The van der Waals surface area contributed by atoms with Crippen molar-refractivity contribution in [3.63, 3.8) is 0 Å². The van der Waals surface area contributed by atoms with Crippen molar-refractivity contribution in [1.82, 2.24) is 0 Å². The Kier molecular flexibility index (Phi) is 8.78. The molecule has 0 saturated heterocycles. The molecule has 0 spiro atoms. The van der Waals surface area contributed by atoms with Gasteiger partial charge in [-0.2, -0.15) is 13.2 Å². The van der Waals surface area contributed by atoms with Crippen molar-refractivity contribution < 1.29 is 22.7 Å². The Morgan fingerprint density at radius 2 is 1.27 bits per heavy atom. The number of alkyl halides is 3. The van der Waals surface area contributed by atoms with Crippen LogP contribution in [0.3, 0.4) is 0 Å². The Hall–Kier alpha value is -3.65. The minimum atomic E-state index is -4.40. The Bertz CT molecular complexity index is 1640. The molecule has 0 heterocycles. The van der Waals surface area contributed by atoms with Crippen LogP contribution in [0.15, 0.2) is 146 Å². The molecule has 206 valence electrons. The van der Waals surface area contributed by atoms with Crippen molar-refractivity contribution in [2.24, 2.45) is 0 Å². The molecule has 0 aliphatic rings. The highest BCUT2D eigenvalue weighted by molar-refractivity contribution is 7.99. The van der Waals surface area contributed by atoms with Crippen LogP contribution in [-0.2, 0) is 17.1 Å². The van der Waals surface area contributed by atoms with Gasteiger partial charge in [0.1, 0.15) is 5.75 Å². The Morgan fingerprint density at radius 1 is 0.732 bits per heavy atom. The van der Waals surface area contributed by atoms with Crippen LogP contribution >= 0.6 is 23.4 Å². The molecule has 2 nitrogen and oxygen atoms in total. The lowest BCUT2D eigenvalue weighted by Gasteiger charge is -2.11. The molecule has 1 atom stereocenters. The molecule has 0 bridgehead atoms. The lowest BCUT2D eigenvalue weighted by atomic mass is 10.0. The molecule has 0 saturated carbocycles. The highest BCUT2D eigenvalue weighted by Gasteiger charge is 2.33. The van der Waals surface area contributed by atoms with E-state index < -0.39 is 22.6 Å².